The van der Waals surface area contributed by atoms with Gasteiger partial charge < -0.3 is 8.85 Å². The van der Waals surface area contributed by atoms with E-state index in [0.717, 1.165) is 13.2 Å². The summed E-state index contributed by atoms with van der Waals surface area (Å²) >= 11 is 0. The van der Waals surface area contributed by atoms with Gasteiger partial charge in [-0.05, 0) is 12.8 Å². The van der Waals surface area contributed by atoms with E-state index in [1.807, 2.05) is 0 Å². The van der Waals surface area contributed by atoms with Crippen LogP contribution < -0.4 is 0 Å². The maximum atomic E-state index is 5.43. The zero-order valence-corrected chi connectivity index (χ0v) is 10.6. The van der Waals surface area contributed by atoms with E-state index in [1.54, 1.807) is 0 Å². The summed E-state index contributed by atoms with van der Waals surface area (Å²) in [5.41, 5.74) is 0. The molecule has 3 heteroatoms. The van der Waals surface area contributed by atoms with Crippen LogP contribution in [0.25, 0.3) is 0 Å². The molecule has 0 bridgehead atoms. The van der Waals surface area contributed by atoms with Crippen molar-refractivity contribution in [2.75, 3.05) is 13.2 Å². The van der Waals surface area contributed by atoms with Crippen molar-refractivity contribution in [3.05, 3.63) is 0 Å². The standard InChI is InChI=1S/C10H24O2Si/c1-3-5-7-9-11-13-12-10-8-6-4-2/h3-10,13H2,1-2H3. The van der Waals surface area contributed by atoms with Crippen LogP contribution in [0.2, 0.25) is 0 Å². The third kappa shape index (κ3) is 12.1. The van der Waals surface area contributed by atoms with Crippen LogP contribution in [0.5, 0.6) is 0 Å². The van der Waals surface area contributed by atoms with Crippen molar-refractivity contribution >= 4 is 10.0 Å². The summed E-state index contributed by atoms with van der Waals surface area (Å²) in [7, 11) is -0.645. The van der Waals surface area contributed by atoms with Crippen molar-refractivity contribution in [3.63, 3.8) is 0 Å². The Labute approximate surface area is 85.1 Å². The van der Waals surface area contributed by atoms with Gasteiger partial charge in [0.2, 0.25) is 0 Å². The average molecular weight is 204 g/mol. The van der Waals surface area contributed by atoms with E-state index in [0.29, 0.717) is 0 Å². The average Bonchev–Trinajstić information content (AvgIpc) is 2.16. The summed E-state index contributed by atoms with van der Waals surface area (Å²) in [4.78, 5) is 0. The Morgan fingerprint density at radius 3 is 1.62 bits per heavy atom. The van der Waals surface area contributed by atoms with Gasteiger partial charge in [-0.25, -0.2) is 0 Å². The van der Waals surface area contributed by atoms with Gasteiger partial charge in [-0.1, -0.05) is 39.5 Å². The molecule has 0 unspecified atom stereocenters. The summed E-state index contributed by atoms with van der Waals surface area (Å²) in [5, 5.41) is 0. The fourth-order valence-corrected chi connectivity index (χ4v) is 1.85. The molecule has 13 heavy (non-hydrogen) atoms. The minimum Gasteiger partial charge on any atom is -0.399 e. The smallest absolute Gasteiger partial charge is 0.304 e. The van der Waals surface area contributed by atoms with Gasteiger partial charge in [0.15, 0.2) is 0 Å². The molecule has 0 fully saturated rings. The van der Waals surface area contributed by atoms with Gasteiger partial charge in [-0.3, -0.25) is 0 Å². The fraction of sp³-hybridized carbons (Fsp3) is 1.00. The second-order valence-electron chi connectivity index (χ2n) is 3.35. The molecule has 0 aliphatic rings. The Balaban J connectivity index is 2.76. The lowest BCUT2D eigenvalue weighted by Crippen LogP contribution is -2.06. The quantitative estimate of drug-likeness (QED) is 0.402. The largest absolute Gasteiger partial charge is 0.399 e. The SMILES string of the molecule is CCCCCO[SiH2]OCCCCC. The van der Waals surface area contributed by atoms with Gasteiger partial charge in [-0.2, -0.15) is 0 Å². The summed E-state index contributed by atoms with van der Waals surface area (Å²) in [6.07, 6.45) is 7.49. The second kappa shape index (κ2) is 12.1. The molecule has 0 aliphatic carbocycles. The highest BCUT2D eigenvalue weighted by Gasteiger charge is 1.90. The van der Waals surface area contributed by atoms with Gasteiger partial charge in [0.05, 0.1) is 0 Å². The Hall–Kier alpha value is 0.137. The topological polar surface area (TPSA) is 18.5 Å². The van der Waals surface area contributed by atoms with Crippen molar-refractivity contribution < 1.29 is 8.85 Å². The highest BCUT2D eigenvalue weighted by atomic mass is 28.3. The number of unbranched alkanes of at least 4 members (excludes halogenated alkanes) is 4. The van der Waals surface area contributed by atoms with Gasteiger partial charge >= 0.3 is 10.0 Å². The van der Waals surface area contributed by atoms with E-state index in [9.17, 15) is 0 Å². The first-order valence-electron chi connectivity index (χ1n) is 5.57. The van der Waals surface area contributed by atoms with Crippen LogP contribution in [0.3, 0.4) is 0 Å². The summed E-state index contributed by atoms with van der Waals surface area (Å²) in [6, 6.07) is 0. The van der Waals surface area contributed by atoms with Crippen molar-refractivity contribution in [1.29, 1.82) is 0 Å². The van der Waals surface area contributed by atoms with Crippen molar-refractivity contribution in [2.24, 2.45) is 0 Å². The molecule has 0 aliphatic heterocycles. The van der Waals surface area contributed by atoms with Crippen molar-refractivity contribution in [3.8, 4) is 0 Å². The highest BCUT2D eigenvalue weighted by Crippen LogP contribution is 1.95. The van der Waals surface area contributed by atoms with Crippen LogP contribution in [0.1, 0.15) is 52.4 Å². The molecule has 0 heterocycles. The molecule has 0 aromatic rings. The van der Waals surface area contributed by atoms with Gasteiger partial charge in [0, 0.05) is 13.2 Å². The highest BCUT2D eigenvalue weighted by molar-refractivity contribution is 6.17. The van der Waals surface area contributed by atoms with Gasteiger partial charge in [0.1, 0.15) is 0 Å². The lowest BCUT2D eigenvalue weighted by atomic mass is 10.3. The lowest BCUT2D eigenvalue weighted by Gasteiger charge is -2.04. The molecule has 0 atom stereocenters. The van der Waals surface area contributed by atoms with Crippen LogP contribution in [0, 0.1) is 0 Å². The van der Waals surface area contributed by atoms with E-state index < -0.39 is 10.0 Å². The molecule has 0 radical (unpaired) electrons. The molecule has 0 saturated heterocycles. The van der Waals surface area contributed by atoms with E-state index in [1.165, 1.54) is 38.5 Å². The van der Waals surface area contributed by atoms with E-state index >= 15 is 0 Å². The maximum Gasteiger partial charge on any atom is 0.304 e. The van der Waals surface area contributed by atoms with Crippen LogP contribution in [0.4, 0.5) is 0 Å². The minimum absolute atomic E-state index is 0.645. The van der Waals surface area contributed by atoms with Crippen molar-refractivity contribution in [1.82, 2.24) is 0 Å². The van der Waals surface area contributed by atoms with Crippen LogP contribution >= 0.6 is 0 Å². The maximum absolute atomic E-state index is 5.43. The molecule has 0 amide bonds. The number of hydrogen-bond donors (Lipinski definition) is 0. The Morgan fingerprint density at radius 1 is 0.769 bits per heavy atom. The molecule has 80 valence electrons. The normalized spacial score (nSPS) is 10.6. The zero-order valence-electron chi connectivity index (χ0n) is 9.18. The van der Waals surface area contributed by atoms with Gasteiger partial charge in [0.25, 0.3) is 0 Å². The molecule has 0 aromatic carbocycles. The Kier molecular flexibility index (Phi) is 12.3. The molecule has 0 saturated carbocycles. The van der Waals surface area contributed by atoms with Gasteiger partial charge in [-0.15, -0.1) is 0 Å². The Morgan fingerprint density at radius 2 is 1.23 bits per heavy atom. The monoisotopic (exact) mass is 204 g/mol. The summed E-state index contributed by atoms with van der Waals surface area (Å²) < 4.78 is 10.9. The van der Waals surface area contributed by atoms with Crippen LogP contribution in [0.15, 0.2) is 0 Å². The molecule has 0 N–H and O–H groups in total. The molecular weight excluding hydrogens is 180 g/mol. The first kappa shape index (κ1) is 13.1. The second-order valence-corrected chi connectivity index (χ2v) is 4.40. The minimum atomic E-state index is -0.645. The first-order chi connectivity index (χ1) is 6.41. The molecule has 2 nitrogen and oxygen atoms in total. The fourth-order valence-electron chi connectivity index (χ4n) is 1.09. The van der Waals surface area contributed by atoms with Crippen LogP contribution in [-0.2, 0) is 8.85 Å². The van der Waals surface area contributed by atoms with Crippen LogP contribution in [-0.4, -0.2) is 23.2 Å². The predicted molar refractivity (Wildman–Crippen MR) is 59.5 cm³/mol. The molecule has 0 aromatic heterocycles. The summed E-state index contributed by atoms with van der Waals surface area (Å²) in [5.74, 6) is 0. The molecule has 0 spiro atoms. The third-order valence-corrected chi connectivity index (χ3v) is 2.86. The lowest BCUT2D eigenvalue weighted by molar-refractivity contribution is 0.214. The van der Waals surface area contributed by atoms with E-state index in [2.05, 4.69) is 13.8 Å². The summed E-state index contributed by atoms with van der Waals surface area (Å²) in [6.45, 7) is 6.24. The molecule has 0 rings (SSSR count). The zero-order chi connectivity index (χ0) is 9.78. The predicted octanol–water partition coefficient (Wildman–Crippen LogP) is 2.40. The number of hydrogen-bond acceptors (Lipinski definition) is 2. The van der Waals surface area contributed by atoms with E-state index in [4.69, 9.17) is 8.85 Å². The third-order valence-electron chi connectivity index (χ3n) is 1.95. The van der Waals surface area contributed by atoms with Crippen molar-refractivity contribution in [2.45, 2.75) is 52.4 Å². The van der Waals surface area contributed by atoms with E-state index in [-0.39, 0.29) is 0 Å². The Bertz CT molecular complexity index is 79.0. The number of rotatable bonds is 10. The first-order valence-corrected chi connectivity index (χ1v) is 6.72. The molecular formula is C10H24O2Si.